The Labute approximate surface area is 148 Å². The minimum atomic E-state index is -3.35. The van der Waals surface area contributed by atoms with Gasteiger partial charge in [0.25, 0.3) is 10.2 Å². The van der Waals surface area contributed by atoms with Crippen LogP contribution in [0.5, 0.6) is 0 Å². The zero-order valence-corrected chi connectivity index (χ0v) is 15.6. The van der Waals surface area contributed by atoms with Crippen molar-refractivity contribution in [3.63, 3.8) is 0 Å². The Hall–Kier alpha value is -1.84. The number of rotatable bonds is 5. The van der Waals surface area contributed by atoms with E-state index in [1.807, 2.05) is 19.2 Å². The molecule has 1 atom stereocenters. The first-order valence-corrected chi connectivity index (χ1v) is 9.74. The largest absolute Gasteiger partial charge is 0.281 e. The van der Waals surface area contributed by atoms with Crippen LogP contribution in [0, 0.1) is 5.92 Å². The van der Waals surface area contributed by atoms with Gasteiger partial charge in [-0.05, 0) is 37.3 Å². The van der Waals surface area contributed by atoms with Crippen molar-refractivity contribution in [1.29, 1.82) is 0 Å². The summed E-state index contributed by atoms with van der Waals surface area (Å²) in [6, 6.07) is 3.88. The van der Waals surface area contributed by atoms with Crippen LogP contribution in [-0.4, -0.2) is 64.0 Å². The molecular formula is C16H24N6O2S. The summed E-state index contributed by atoms with van der Waals surface area (Å²) in [5.41, 5.74) is 2.70. The van der Waals surface area contributed by atoms with Gasteiger partial charge in [0.2, 0.25) is 0 Å². The molecule has 1 saturated heterocycles. The van der Waals surface area contributed by atoms with E-state index in [2.05, 4.69) is 15.1 Å². The molecule has 136 valence electrons. The van der Waals surface area contributed by atoms with Crippen LogP contribution < -0.4 is 0 Å². The second-order valence-electron chi connectivity index (χ2n) is 6.60. The molecule has 2 aromatic rings. The van der Waals surface area contributed by atoms with Gasteiger partial charge in [-0.15, -0.1) is 0 Å². The first-order chi connectivity index (χ1) is 11.9. The number of aryl methyl sites for hydroxylation is 1. The second-order valence-corrected chi connectivity index (χ2v) is 8.74. The summed E-state index contributed by atoms with van der Waals surface area (Å²) in [6.07, 6.45) is 5.92. The monoisotopic (exact) mass is 364 g/mol. The van der Waals surface area contributed by atoms with Crippen molar-refractivity contribution in [1.82, 2.24) is 28.4 Å². The number of hydrogen-bond donors (Lipinski definition) is 0. The molecule has 0 N–H and O–H groups in total. The molecule has 1 fully saturated rings. The number of hydrogen-bond acceptors (Lipinski definition) is 5. The highest BCUT2D eigenvalue weighted by molar-refractivity contribution is 7.86. The van der Waals surface area contributed by atoms with E-state index < -0.39 is 10.2 Å². The van der Waals surface area contributed by atoms with E-state index in [1.54, 1.807) is 35.6 Å². The van der Waals surface area contributed by atoms with Crippen LogP contribution in [0.2, 0.25) is 0 Å². The Balaban J connectivity index is 1.73. The lowest BCUT2D eigenvalue weighted by atomic mass is 9.94. The minimum absolute atomic E-state index is 0.262. The zero-order chi connectivity index (χ0) is 18.0. The lowest BCUT2D eigenvalue weighted by molar-refractivity contribution is 0.253. The van der Waals surface area contributed by atoms with Crippen LogP contribution in [0.15, 0.2) is 24.7 Å². The Morgan fingerprint density at radius 1 is 1.32 bits per heavy atom. The van der Waals surface area contributed by atoms with E-state index in [-0.39, 0.29) is 5.92 Å². The van der Waals surface area contributed by atoms with Crippen molar-refractivity contribution in [2.24, 2.45) is 13.0 Å². The van der Waals surface area contributed by atoms with Crippen molar-refractivity contribution in [2.45, 2.75) is 19.3 Å². The van der Waals surface area contributed by atoms with Crippen molar-refractivity contribution >= 4 is 10.2 Å². The fourth-order valence-corrected chi connectivity index (χ4v) is 4.43. The quantitative estimate of drug-likeness (QED) is 0.788. The molecule has 0 radical (unpaired) electrons. The summed E-state index contributed by atoms with van der Waals surface area (Å²) in [7, 11) is 1.67. The minimum Gasteiger partial charge on any atom is -0.266 e. The summed E-state index contributed by atoms with van der Waals surface area (Å²) in [4.78, 5) is 8.70. The third-order valence-corrected chi connectivity index (χ3v) is 6.48. The molecule has 3 rings (SSSR count). The van der Waals surface area contributed by atoms with Gasteiger partial charge in [-0.1, -0.05) is 0 Å². The molecule has 0 aromatic carbocycles. The molecule has 0 aliphatic carbocycles. The van der Waals surface area contributed by atoms with Gasteiger partial charge in [0.15, 0.2) is 0 Å². The van der Waals surface area contributed by atoms with Gasteiger partial charge >= 0.3 is 0 Å². The van der Waals surface area contributed by atoms with Gasteiger partial charge < -0.3 is 0 Å². The van der Waals surface area contributed by atoms with Crippen LogP contribution in [0.4, 0.5) is 0 Å². The van der Waals surface area contributed by atoms with Crippen molar-refractivity contribution in [2.75, 3.05) is 27.2 Å². The molecule has 0 amide bonds. The first kappa shape index (κ1) is 18.0. The molecule has 3 heterocycles. The maximum atomic E-state index is 12.3. The molecule has 9 heteroatoms. The van der Waals surface area contributed by atoms with Gasteiger partial charge in [-0.2, -0.15) is 22.1 Å². The molecule has 0 spiro atoms. The predicted octanol–water partition coefficient (Wildman–Crippen LogP) is 0.938. The third kappa shape index (κ3) is 3.88. The Morgan fingerprint density at radius 3 is 2.80 bits per heavy atom. The molecule has 25 heavy (non-hydrogen) atoms. The Morgan fingerprint density at radius 2 is 2.12 bits per heavy atom. The van der Waals surface area contributed by atoms with E-state index in [0.717, 1.165) is 36.3 Å². The lowest BCUT2D eigenvalue weighted by Crippen LogP contribution is -2.45. The predicted molar refractivity (Wildman–Crippen MR) is 94.8 cm³/mol. The molecule has 1 aliphatic rings. The standard InChI is InChI=1S/C16H24N6O2S/c1-20(2)25(23,24)22-8-4-5-13(11-22)9-14-10-15(18-12-17-14)16-6-7-19-21(16)3/h6-7,10,12-13H,4-5,8-9,11H2,1-3H3/t13-/m0/s1. The van der Waals surface area contributed by atoms with E-state index >= 15 is 0 Å². The number of aromatic nitrogens is 4. The Kier molecular flexibility index (Phi) is 5.16. The molecule has 0 saturated carbocycles. The van der Waals surface area contributed by atoms with Crippen LogP contribution >= 0.6 is 0 Å². The van der Waals surface area contributed by atoms with Gasteiger partial charge in [-0.25, -0.2) is 9.97 Å². The number of piperidine rings is 1. The van der Waals surface area contributed by atoms with Crippen molar-refractivity contribution in [3.8, 4) is 11.4 Å². The van der Waals surface area contributed by atoms with E-state index in [1.165, 1.54) is 4.31 Å². The van der Waals surface area contributed by atoms with Crippen LogP contribution in [0.25, 0.3) is 11.4 Å². The SMILES string of the molecule is CN(C)S(=O)(=O)N1CCC[C@@H](Cc2cc(-c3ccnn3C)ncn2)C1. The average molecular weight is 364 g/mol. The van der Waals surface area contributed by atoms with Gasteiger partial charge in [0.1, 0.15) is 6.33 Å². The van der Waals surface area contributed by atoms with Crippen LogP contribution in [-0.2, 0) is 23.7 Å². The van der Waals surface area contributed by atoms with Gasteiger partial charge in [0.05, 0.1) is 11.4 Å². The summed E-state index contributed by atoms with van der Waals surface area (Å²) in [5.74, 6) is 0.262. The summed E-state index contributed by atoms with van der Waals surface area (Å²) < 4.78 is 29.3. The van der Waals surface area contributed by atoms with E-state index in [9.17, 15) is 8.42 Å². The molecular weight excluding hydrogens is 340 g/mol. The van der Waals surface area contributed by atoms with Gasteiger partial charge in [-0.3, -0.25) is 4.68 Å². The van der Waals surface area contributed by atoms with Crippen LogP contribution in [0.1, 0.15) is 18.5 Å². The van der Waals surface area contributed by atoms with Crippen LogP contribution in [0.3, 0.4) is 0 Å². The summed E-state index contributed by atoms with van der Waals surface area (Å²) >= 11 is 0. The summed E-state index contributed by atoms with van der Waals surface area (Å²) in [5, 5.41) is 4.17. The van der Waals surface area contributed by atoms with Gasteiger partial charge in [0, 0.05) is 46.1 Å². The highest BCUT2D eigenvalue weighted by Crippen LogP contribution is 2.24. The fourth-order valence-electron chi connectivity index (χ4n) is 3.20. The maximum Gasteiger partial charge on any atom is 0.281 e. The normalized spacial score (nSPS) is 19.4. The molecule has 0 bridgehead atoms. The smallest absolute Gasteiger partial charge is 0.266 e. The van der Waals surface area contributed by atoms with Crippen molar-refractivity contribution in [3.05, 3.63) is 30.4 Å². The fraction of sp³-hybridized carbons (Fsp3) is 0.562. The van der Waals surface area contributed by atoms with E-state index in [0.29, 0.717) is 13.1 Å². The first-order valence-electron chi connectivity index (χ1n) is 8.35. The molecule has 0 unspecified atom stereocenters. The van der Waals surface area contributed by atoms with E-state index in [4.69, 9.17) is 0 Å². The number of nitrogens with zero attached hydrogens (tertiary/aromatic N) is 6. The highest BCUT2D eigenvalue weighted by Gasteiger charge is 2.30. The third-order valence-electron chi connectivity index (χ3n) is 4.57. The molecule has 8 nitrogen and oxygen atoms in total. The highest BCUT2D eigenvalue weighted by atomic mass is 32.2. The zero-order valence-electron chi connectivity index (χ0n) is 14.8. The lowest BCUT2D eigenvalue weighted by Gasteiger charge is -2.33. The maximum absolute atomic E-state index is 12.3. The van der Waals surface area contributed by atoms with Crippen molar-refractivity contribution < 1.29 is 8.42 Å². The molecule has 1 aliphatic heterocycles. The average Bonchev–Trinajstić information content (AvgIpc) is 3.01. The summed E-state index contributed by atoms with van der Waals surface area (Å²) in [6.45, 7) is 1.12. The topological polar surface area (TPSA) is 84.2 Å². The Bertz CT molecular complexity index is 833. The molecule has 2 aromatic heterocycles. The second kappa shape index (κ2) is 7.19.